The van der Waals surface area contributed by atoms with Gasteiger partial charge < -0.3 is 14.6 Å². The van der Waals surface area contributed by atoms with Gasteiger partial charge in [-0.2, -0.15) is 0 Å². The van der Waals surface area contributed by atoms with Crippen LogP contribution in [0.3, 0.4) is 0 Å². The number of hydrogen-bond acceptors (Lipinski definition) is 3. The average Bonchev–Trinajstić information content (AvgIpc) is 2.48. The minimum Gasteiger partial charge on any atom is -0.545 e. The van der Waals surface area contributed by atoms with E-state index in [9.17, 15) is 9.90 Å². The van der Waals surface area contributed by atoms with Crippen LogP contribution in [0.1, 0.15) is 15.9 Å². The Morgan fingerprint density at radius 3 is 2.05 bits per heavy atom. The molecule has 2 aromatic carbocycles. The van der Waals surface area contributed by atoms with Crippen molar-refractivity contribution >= 4 is 11.8 Å². The number of ether oxygens (including phenoxy) is 1. The summed E-state index contributed by atoms with van der Waals surface area (Å²) in [6, 6.07) is 15.8. The van der Waals surface area contributed by atoms with E-state index in [1.165, 1.54) is 13.2 Å². The van der Waals surface area contributed by atoms with Crippen LogP contribution in [0.15, 0.2) is 54.6 Å². The van der Waals surface area contributed by atoms with E-state index >= 15 is 0 Å². The van der Waals surface area contributed by atoms with Crippen molar-refractivity contribution in [2.45, 2.75) is 0 Å². The third kappa shape index (κ3) is 4.45. The smallest absolute Gasteiger partial charge is 0.270 e. The lowest BCUT2D eigenvalue weighted by atomic mass is 10.2. The van der Waals surface area contributed by atoms with Crippen LogP contribution in [0.4, 0.5) is 0 Å². The number of carbonyl (C=O) groups excluding carboxylic acids is 1. The van der Waals surface area contributed by atoms with Crippen LogP contribution in [-0.4, -0.2) is 18.9 Å². The van der Waals surface area contributed by atoms with Gasteiger partial charge in [0.1, 0.15) is 5.75 Å². The molecule has 0 aliphatic heterocycles. The number of para-hydroxylation sites is 1. The lowest BCUT2D eigenvalue weighted by Crippen LogP contribution is -2.46. The third-order valence-corrected chi connectivity index (χ3v) is 2.43. The monoisotopic (exact) mass is 272 g/mol. The van der Waals surface area contributed by atoms with E-state index in [0.29, 0.717) is 11.6 Å². The molecule has 5 nitrogen and oxygen atoms in total. The predicted molar refractivity (Wildman–Crippen MR) is 74.0 cm³/mol. The number of aromatic carboxylic acids is 1. The van der Waals surface area contributed by atoms with E-state index in [-0.39, 0.29) is 5.56 Å². The topological polar surface area (TPSA) is 101 Å². The van der Waals surface area contributed by atoms with Gasteiger partial charge in [0.05, 0.1) is 18.6 Å². The number of nitrogens with two attached hydrogens (primary N) is 2. The number of rotatable bonds is 3. The van der Waals surface area contributed by atoms with E-state index < -0.39 is 5.97 Å². The highest BCUT2D eigenvalue weighted by molar-refractivity contribution is 5.92. The van der Waals surface area contributed by atoms with Gasteiger partial charge in [0, 0.05) is 5.56 Å². The zero-order valence-corrected chi connectivity index (χ0v) is 11.1. The molecule has 2 rings (SSSR count). The Labute approximate surface area is 117 Å². The number of amidine groups is 1. The van der Waals surface area contributed by atoms with Crippen LogP contribution in [0.2, 0.25) is 0 Å². The number of benzene rings is 2. The summed E-state index contributed by atoms with van der Waals surface area (Å²) in [4.78, 5) is 10.4. The fraction of sp³-hybridized carbons (Fsp3) is 0.0667. The minimum atomic E-state index is -1.22. The third-order valence-electron chi connectivity index (χ3n) is 2.43. The zero-order chi connectivity index (χ0) is 15.0. The predicted octanol–water partition coefficient (Wildman–Crippen LogP) is -0.790. The lowest BCUT2D eigenvalue weighted by Gasteiger charge is -2.07. The van der Waals surface area contributed by atoms with E-state index in [1.807, 2.05) is 30.3 Å². The summed E-state index contributed by atoms with van der Waals surface area (Å²) < 4.78 is 4.79. The molecule has 0 fully saturated rings. The summed E-state index contributed by atoms with van der Waals surface area (Å²) in [5.74, 6) is -0.523. The van der Waals surface area contributed by atoms with Gasteiger partial charge in [-0.05, 0) is 24.3 Å². The number of hydrogen-bond donors (Lipinski definition) is 2. The molecular formula is C15H16N2O3. The Balaban J connectivity index is 0.000000204. The SMILES string of the molecule is COc1ccccc1C(=O)[O-].NC(=[NH2+])c1ccccc1. The minimum absolute atomic E-state index is 0.0787. The van der Waals surface area contributed by atoms with Crippen molar-refractivity contribution in [3.05, 3.63) is 65.7 Å². The van der Waals surface area contributed by atoms with E-state index in [4.69, 9.17) is 15.9 Å². The van der Waals surface area contributed by atoms with Crippen molar-refractivity contribution in [1.82, 2.24) is 0 Å². The molecule has 4 N–H and O–H groups in total. The molecule has 0 unspecified atom stereocenters. The molecule has 0 atom stereocenters. The standard InChI is InChI=1S/C8H8O3.C7H8N2/c1-11-7-5-3-2-4-6(7)8(9)10;8-7(9)6-4-2-1-3-5-6/h2-5H,1H3,(H,9,10);1-5H,(H3,8,9). The molecule has 104 valence electrons. The highest BCUT2D eigenvalue weighted by Crippen LogP contribution is 2.15. The quantitative estimate of drug-likeness (QED) is 0.564. The summed E-state index contributed by atoms with van der Waals surface area (Å²) in [5.41, 5.74) is 6.27. The summed E-state index contributed by atoms with van der Waals surface area (Å²) >= 11 is 0. The molecule has 0 heterocycles. The van der Waals surface area contributed by atoms with Crippen LogP contribution in [-0.2, 0) is 0 Å². The molecule has 5 heteroatoms. The first-order valence-corrected chi connectivity index (χ1v) is 5.84. The highest BCUT2D eigenvalue weighted by atomic mass is 16.5. The maximum atomic E-state index is 10.4. The molecule has 2 aromatic rings. The van der Waals surface area contributed by atoms with Crippen LogP contribution in [0.5, 0.6) is 5.75 Å². The largest absolute Gasteiger partial charge is 0.545 e. The van der Waals surface area contributed by atoms with Gasteiger partial charge >= 0.3 is 0 Å². The fourth-order valence-electron chi connectivity index (χ4n) is 1.44. The highest BCUT2D eigenvalue weighted by Gasteiger charge is 1.99. The fourth-order valence-corrected chi connectivity index (χ4v) is 1.44. The molecule has 0 saturated carbocycles. The zero-order valence-electron chi connectivity index (χ0n) is 11.1. The van der Waals surface area contributed by atoms with E-state index in [2.05, 4.69) is 0 Å². The van der Waals surface area contributed by atoms with E-state index in [0.717, 1.165) is 5.56 Å². The van der Waals surface area contributed by atoms with Gasteiger partial charge in [-0.15, -0.1) is 0 Å². The van der Waals surface area contributed by atoms with Crippen molar-refractivity contribution in [1.29, 1.82) is 0 Å². The summed E-state index contributed by atoms with van der Waals surface area (Å²) in [6.07, 6.45) is 0. The molecule has 0 aliphatic rings. The van der Waals surface area contributed by atoms with Gasteiger partial charge in [-0.1, -0.05) is 30.3 Å². The Hall–Kier alpha value is -2.82. The first-order valence-electron chi connectivity index (χ1n) is 5.84. The summed E-state index contributed by atoms with van der Waals surface area (Å²) in [5, 5.41) is 15.7. The van der Waals surface area contributed by atoms with Gasteiger partial charge in [0.25, 0.3) is 5.84 Å². The van der Waals surface area contributed by atoms with Crippen LogP contribution in [0.25, 0.3) is 0 Å². The van der Waals surface area contributed by atoms with Gasteiger partial charge in [-0.25, -0.2) is 0 Å². The Bertz CT molecular complexity index is 583. The second-order valence-electron chi connectivity index (χ2n) is 3.81. The Morgan fingerprint density at radius 1 is 1.10 bits per heavy atom. The number of carboxylic acid groups (broad SMARTS) is 1. The van der Waals surface area contributed by atoms with Crippen molar-refractivity contribution in [2.75, 3.05) is 7.11 Å². The van der Waals surface area contributed by atoms with E-state index in [1.54, 1.807) is 18.2 Å². The Morgan fingerprint density at radius 2 is 1.65 bits per heavy atom. The van der Waals surface area contributed by atoms with Crippen molar-refractivity contribution < 1.29 is 20.0 Å². The second-order valence-corrected chi connectivity index (χ2v) is 3.81. The first kappa shape index (κ1) is 15.2. The summed E-state index contributed by atoms with van der Waals surface area (Å²) in [6.45, 7) is 0. The number of carbonyl (C=O) groups is 1. The van der Waals surface area contributed by atoms with Crippen LogP contribution in [0, 0.1) is 0 Å². The lowest BCUT2D eigenvalue weighted by molar-refractivity contribution is -0.255. The number of methoxy groups -OCH3 is 1. The molecular weight excluding hydrogens is 256 g/mol. The molecule has 0 saturated heterocycles. The Kier molecular flexibility index (Phi) is 5.77. The van der Waals surface area contributed by atoms with Gasteiger partial charge in [0.15, 0.2) is 0 Å². The second kappa shape index (κ2) is 7.58. The molecule has 0 aromatic heterocycles. The first-order chi connectivity index (χ1) is 9.56. The van der Waals surface area contributed by atoms with Gasteiger partial charge in [0.2, 0.25) is 0 Å². The number of carboxylic acids is 1. The molecule has 0 spiro atoms. The average molecular weight is 272 g/mol. The maximum Gasteiger partial charge on any atom is 0.270 e. The van der Waals surface area contributed by atoms with Crippen molar-refractivity contribution in [3.8, 4) is 5.75 Å². The van der Waals surface area contributed by atoms with Crippen molar-refractivity contribution in [2.24, 2.45) is 5.73 Å². The molecule has 0 aliphatic carbocycles. The normalized spacial score (nSPS) is 9.05. The molecule has 20 heavy (non-hydrogen) atoms. The molecule has 0 radical (unpaired) electrons. The molecule has 0 bridgehead atoms. The molecule has 0 amide bonds. The summed E-state index contributed by atoms with van der Waals surface area (Å²) in [7, 11) is 1.42. The van der Waals surface area contributed by atoms with Crippen LogP contribution >= 0.6 is 0 Å². The van der Waals surface area contributed by atoms with Crippen molar-refractivity contribution in [3.63, 3.8) is 0 Å². The van der Waals surface area contributed by atoms with Crippen LogP contribution < -0.4 is 21.0 Å². The maximum absolute atomic E-state index is 10.4. The van der Waals surface area contributed by atoms with Gasteiger partial charge in [-0.3, -0.25) is 11.1 Å².